The summed E-state index contributed by atoms with van der Waals surface area (Å²) in [6, 6.07) is 13.5. The van der Waals surface area contributed by atoms with Gasteiger partial charge in [-0.05, 0) is 29.8 Å². The van der Waals surface area contributed by atoms with Crippen LogP contribution in [0.15, 0.2) is 60.7 Å². The first-order valence-corrected chi connectivity index (χ1v) is 8.80. The Labute approximate surface area is 168 Å². The van der Waals surface area contributed by atoms with Crippen LogP contribution in [0.25, 0.3) is 0 Å². The Morgan fingerprint density at radius 1 is 0.900 bits per heavy atom. The second-order valence-corrected chi connectivity index (χ2v) is 6.55. The van der Waals surface area contributed by atoms with Crippen molar-refractivity contribution in [2.24, 2.45) is 0 Å². The van der Waals surface area contributed by atoms with Crippen molar-refractivity contribution >= 4 is 23.2 Å². The van der Waals surface area contributed by atoms with Crippen molar-refractivity contribution in [3.63, 3.8) is 0 Å². The molecular formula is C22H12FNO6. The minimum atomic E-state index is -1.03. The van der Waals surface area contributed by atoms with E-state index in [4.69, 9.17) is 4.74 Å². The molecule has 0 heterocycles. The molecular weight excluding hydrogens is 393 g/mol. The number of nitrogens with zero attached hydrogens (tertiary/aromatic N) is 1. The average molecular weight is 405 g/mol. The molecule has 0 aromatic heterocycles. The summed E-state index contributed by atoms with van der Waals surface area (Å²) in [6.45, 7) is -0.247. The van der Waals surface area contributed by atoms with Crippen LogP contribution in [0.5, 0.6) is 0 Å². The zero-order valence-electron chi connectivity index (χ0n) is 15.3. The van der Waals surface area contributed by atoms with Crippen molar-refractivity contribution < 1.29 is 28.4 Å². The molecule has 8 heteroatoms. The van der Waals surface area contributed by atoms with Crippen molar-refractivity contribution in [3.05, 3.63) is 110 Å². The maximum atomic E-state index is 13.0. The van der Waals surface area contributed by atoms with Crippen LogP contribution in [0.2, 0.25) is 0 Å². The molecule has 30 heavy (non-hydrogen) atoms. The number of carbonyl (C=O) groups is 3. The van der Waals surface area contributed by atoms with Gasteiger partial charge in [-0.15, -0.1) is 0 Å². The minimum absolute atomic E-state index is 0.0370. The Morgan fingerprint density at radius 2 is 1.53 bits per heavy atom. The lowest BCUT2D eigenvalue weighted by molar-refractivity contribution is -0.385. The Morgan fingerprint density at radius 3 is 2.17 bits per heavy atom. The number of hydrogen-bond acceptors (Lipinski definition) is 6. The normalized spacial score (nSPS) is 12.2. The van der Waals surface area contributed by atoms with E-state index in [0.29, 0.717) is 5.56 Å². The first kappa shape index (κ1) is 19.1. The number of hydrogen-bond donors (Lipinski definition) is 0. The highest BCUT2D eigenvalue weighted by atomic mass is 19.1. The number of fused-ring (bicyclic) bond motifs is 2. The molecule has 0 atom stereocenters. The fraction of sp³-hybridized carbons (Fsp3) is 0.0455. The highest BCUT2D eigenvalue weighted by molar-refractivity contribution is 6.30. The molecule has 0 N–H and O–H groups in total. The van der Waals surface area contributed by atoms with E-state index in [1.165, 1.54) is 42.5 Å². The third-order valence-electron chi connectivity index (χ3n) is 4.75. The average Bonchev–Trinajstić information content (AvgIpc) is 2.75. The van der Waals surface area contributed by atoms with Crippen LogP contribution >= 0.6 is 0 Å². The Hall–Kier alpha value is -4.20. The molecule has 7 nitrogen and oxygen atoms in total. The Bertz CT molecular complexity index is 1230. The summed E-state index contributed by atoms with van der Waals surface area (Å²) in [6.07, 6.45) is 0. The summed E-state index contributed by atoms with van der Waals surface area (Å²) in [4.78, 5) is 49.1. The van der Waals surface area contributed by atoms with Gasteiger partial charge in [-0.2, -0.15) is 0 Å². The highest BCUT2D eigenvalue weighted by Gasteiger charge is 2.38. The smallest absolute Gasteiger partial charge is 0.345 e. The Kier molecular flexibility index (Phi) is 4.67. The second kappa shape index (κ2) is 7.32. The maximum absolute atomic E-state index is 13.0. The summed E-state index contributed by atoms with van der Waals surface area (Å²) in [5, 5.41) is 11.8. The van der Waals surface area contributed by atoms with Crippen LogP contribution in [0.3, 0.4) is 0 Å². The molecule has 0 spiro atoms. The molecule has 0 fully saturated rings. The van der Waals surface area contributed by atoms with Gasteiger partial charge in [0, 0.05) is 16.7 Å². The maximum Gasteiger partial charge on any atom is 0.345 e. The second-order valence-electron chi connectivity index (χ2n) is 6.55. The number of benzene rings is 3. The molecule has 1 aliphatic rings. The third-order valence-corrected chi connectivity index (χ3v) is 4.75. The number of nitro groups is 1. The predicted molar refractivity (Wildman–Crippen MR) is 102 cm³/mol. The lowest BCUT2D eigenvalue weighted by Gasteiger charge is -2.18. The van der Waals surface area contributed by atoms with Gasteiger partial charge in [-0.25, -0.2) is 9.18 Å². The number of ether oxygens (including phenoxy) is 1. The quantitative estimate of drug-likeness (QED) is 0.290. The zero-order valence-corrected chi connectivity index (χ0v) is 15.3. The van der Waals surface area contributed by atoms with Crippen molar-refractivity contribution in [3.8, 4) is 0 Å². The van der Waals surface area contributed by atoms with Gasteiger partial charge in [0.15, 0.2) is 5.78 Å². The number of ketones is 2. The van der Waals surface area contributed by atoms with E-state index in [1.54, 1.807) is 12.1 Å². The van der Waals surface area contributed by atoms with Crippen molar-refractivity contribution in [1.29, 1.82) is 0 Å². The number of rotatable bonds is 4. The van der Waals surface area contributed by atoms with Crippen molar-refractivity contribution in [2.75, 3.05) is 0 Å². The molecule has 0 aliphatic heterocycles. The van der Waals surface area contributed by atoms with Gasteiger partial charge < -0.3 is 4.74 Å². The monoisotopic (exact) mass is 405 g/mol. The minimum Gasteiger partial charge on any atom is -0.457 e. The number of halogens is 1. The molecule has 0 saturated heterocycles. The number of esters is 1. The molecule has 4 rings (SSSR count). The topological polar surface area (TPSA) is 104 Å². The van der Waals surface area contributed by atoms with Gasteiger partial charge in [0.25, 0.3) is 5.69 Å². The summed E-state index contributed by atoms with van der Waals surface area (Å²) < 4.78 is 18.1. The van der Waals surface area contributed by atoms with E-state index in [-0.39, 0.29) is 23.3 Å². The first-order valence-electron chi connectivity index (χ1n) is 8.80. The van der Waals surface area contributed by atoms with E-state index in [1.807, 2.05) is 0 Å². The lowest BCUT2D eigenvalue weighted by atomic mass is 9.82. The van der Waals surface area contributed by atoms with Gasteiger partial charge >= 0.3 is 5.97 Å². The van der Waals surface area contributed by atoms with Crippen LogP contribution in [0, 0.1) is 15.9 Å². The summed E-state index contributed by atoms with van der Waals surface area (Å²) >= 11 is 0. The van der Waals surface area contributed by atoms with Crippen LogP contribution in [-0.4, -0.2) is 22.5 Å². The third kappa shape index (κ3) is 3.14. The van der Waals surface area contributed by atoms with E-state index in [9.17, 15) is 28.9 Å². The number of carbonyl (C=O) groups excluding carboxylic acids is 3. The standard InChI is InChI=1S/C22H12FNO6/c23-13-7-5-12(6-8-13)11-30-22(27)17-10-9-16-18(19(17)24(28)29)21(26)15-4-2-1-3-14(15)20(16)25/h1-10H,11H2. The molecule has 3 aromatic rings. The van der Waals surface area contributed by atoms with Gasteiger partial charge in [0.1, 0.15) is 23.6 Å². The first-order chi connectivity index (χ1) is 14.4. The molecule has 3 aromatic carbocycles. The molecule has 0 amide bonds. The zero-order chi connectivity index (χ0) is 21.4. The molecule has 1 aliphatic carbocycles. The number of nitro benzene ring substituents is 1. The molecule has 0 saturated carbocycles. The lowest BCUT2D eigenvalue weighted by Crippen LogP contribution is -2.23. The summed E-state index contributed by atoms with van der Waals surface area (Å²) in [5.74, 6) is -2.73. The van der Waals surface area contributed by atoms with E-state index in [0.717, 1.165) is 6.07 Å². The summed E-state index contributed by atoms with van der Waals surface area (Å²) in [7, 11) is 0. The van der Waals surface area contributed by atoms with Crippen LogP contribution in [0.1, 0.15) is 47.8 Å². The van der Waals surface area contributed by atoms with Crippen LogP contribution < -0.4 is 0 Å². The Balaban J connectivity index is 1.74. The largest absolute Gasteiger partial charge is 0.457 e. The molecule has 0 radical (unpaired) electrons. The van der Waals surface area contributed by atoms with Crippen LogP contribution in [-0.2, 0) is 11.3 Å². The summed E-state index contributed by atoms with van der Waals surface area (Å²) in [5.41, 5.74) is -1.12. The van der Waals surface area contributed by atoms with E-state index >= 15 is 0 Å². The highest BCUT2D eigenvalue weighted by Crippen LogP contribution is 2.35. The van der Waals surface area contributed by atoms with E-state index in [2.05, 4.69) is 0 Å². The van der Waals surface area contributed by atoms with Gasteiger partial charge in [-0.1, -0.05) is 36.4 Å². The SMILES string of the molecule is O=C1c2ccccc2C(=O)c2c1ccc(C(=O)OCc1ccc(F)cc1)c2[N+](=O)[O-]. The van der Waals surface area contributed by atoms with E-state index < -0.39 is 45.1 Å². The van der Waals surface area contributed by atoms with Gasteiger partial charge in [0.2, 0.25) is 5.78 Å². The fourth-order valence-corrected chi connectivity index (χ4v) is 3.33. The molecule has 0 bridgehead atoms. The molecule has 0 unspecified atom stereocenters. The predicted octanol–water partition coefficient (Wildman–Crippen LogP) is 3.87. The van der Waals surface area contributed by atoms with Gasteiger partial charge in [0.05, 0.1) is 4.92 Å². The fourth-order valence-electron chi connectivity index (χ4n) is 3.33. The van der Waals surface area contributed by atoms with Crippen molar-refractivity contribution in [2.45, 2.75) is 6.61 Å². The van der Waals surface area contributed by atoms with Gasteiger partial charge in [-0.3, -0.25) is 19.7 Å². The molecule has 148 valence electrons. The van der Waals surface area contributed by atoms with Crippen molar-refractivity contribution in [1.82, 2.24) is 0 Å². The van der Waals surface area contributed by atoms with Crippen LogP contribution in [0.4, 0.5) is 10.1 Å².